The predicted molar refractivity (Wildman–Crippen MR) is 156 cm³/mol. The van der Waals surface area contributed by atoms with Crippen molar-refractivity contribution in [1.82, 2.24) is 0 Å². The standard InChI is InChI=1S/C28H12Br4O8/c29-13-1-5-17-21(9-13)37-26(34)19-7-3-15(31)11-23(19)39-28(36)20-8-4-16(32)12-24(20)40-27(35)18-6-2-14(30)10-22(18)38-25(17)33/h1-12H. The molecule has 4 aromatic rings. The van der Waals surface area contributed by atoms with E-state index >= 15 is 0 Å². The normalized spacial score (nSPS) is 13.5. The summed E-state index contributed by atoms with van der Waals surface area (Å²) in [5.41, 5.74) is -0.415. The lowest BCUT2D eigenvalue weighted by Crippen LogP contribution is -2.20. The van der Waals surface area contributed by atoms with Crippen LogP contribution in [0.25, 0.3) is 0 Å². The fourth-order valence-corrected chi connectivity index (χ4v) is 4.98. The van der Waals surface area contributed by atoms with Gasteiger partial charge in [-0.3, -0.25) is 0 Å². The van der Waals surface area contributed by atoms with E-state index in [2.05, 4.69) is 63.7 Å². The molecule has 1 heterocycles. The second-order valence-corrected chi connectivity index (χ2v) is 11.8. The summed E-state index contributed by atoms with van der Waals surface area (Å²) in [5.74, 6) is -4.14. The van der Waals surface area contributed by atoms with Crippen molar-refractivity contribution < 1.29 is 38.1 Å². The molecule has 0 atom stereocenters. The maximum Gasteiger partial charge on any atom is 0.347 e. The van der Waals surface area contributed by atoms with Crippen LogP contribution in [0.1, 0.15) is 41.4 Å². The molecule has 0 amide bonds. The molecule has 8 nitrogen and oxygen atoms in total. The average molecular weight is 796 g/mol. The molecule has 0 N–H and O–H groups in total. The van der Waals surface area contributed by atoms with Crippen LogP contribution in [-0.4, -0.2) is 23.9 Å². The largest absolute Gasteiger partial charge is 0.422 e. The molecule has 5 rings (SSSR count). The Labute approximate surface area is 260 Å². The first-order chi connectivity index (χ1) is 19.1. The van der Waals surface area contributed by atoms with Crippen molar-refractivity contribution in [3.63, 3.8) is 0 Å². The van der Waals surface area contributed by atoms with Crippen molar-refractivity contribution >= 4 is 87.6 Å². The molecule has 0 radical (unpaired) electrons. The molecule has 0 aromatic heterocycles. The van der Waals surface area contributed by atoms with E-state index in [0.717, 1.165) is 0 Å². The Morgan fingerprint density at radius 2 is 0.550 bits per heavy atom. The number of halogens is 4. The summed E-state index contributed by atoms with van der Waals surface area (Å²) in [4.78, 5) is 53.2. The number of esters is 4. The van der Waals surface area contributed by atoms with Crippen LogP contribution in [0.2, 0.25) is 0 Å². The van der Waals surface area contributed by atoms with E-state index < -0.39 is 23.9 Å². The van der Waals surface area contributed by atoms with Crippen molar-refractivity contribution in [2.75, 3.05) is 0 Å². The highest BCUT2D eigenvalue weighted by Crippen LogP contribution is 2.33. The van der Waals surface area contributed by atoms with Gasteiger partial charge >= 0.3 is 23.9 Å². The number of ether oxygens (including phenoxy) is 4. The second-order valence-electron chi connectivity index (χ2n) is 8.12. The van der Waals surface area contributed by atoms with Gasteiger partial charge in [0.25, 0.3) is 0 Å². The van der Waals surface area contributed by atoms with Gasteiger partial charge in [-0.05, 0) is 72.8 Å². The van der Waals surface area contributed by atoms with Gasteiger partial charge in [0.15, 0.2) is 0 Å². The van der Waals surface area contributed by atoms with E-state index in [-0.39, 0.29) is 45.3 Å². The van der Waals surface area contributed by atoms with Crippen molar-refractivity contribution in [3.8, 4) is 23.0 Å². The highest BCUT2D eigenvalue weighted by Gasteiger charge is 2.27. The first-order valence-electron chi connectivity index (χ1n) is 11.2. The average Bonchev–Trinajstić information content (AvgIpc) is 2.88. The molecule has 0 unspecified atom stereocenters. The Balaban J connectivity index is 1.70. The number of carbonyl (C=O) groups is 4. The summed E-state index contributed by atoms with van der Waals surface area (Å²) in [5, 5.41) is 0. The molecule has 40 heavy (non-hydrogen) atoms. The Hall–Kier alpha value is -3.32. The van der Waals surface area contributed by atoms with Gasteiger partial charge in [-0.25, -0.2) is 19.2 Å². The summed E-state index contributed by atoms with van der Waals surface area (Å²) in [7, 11) is 0. The molecule has 4 aromatic carbocycles. The number of hydrogen-bond acceptors (Lipinski definition) is 8. The lowest BCUT2D eigenvalue weighted by atomic mass is 10.1. The molecular weight excluding hydrogens is 784 g/mol. The van der Waals surface area contributed by atoms with Gasteiger partial charge in [0.2, 0.25) is 0 Å². The third-order valence-electron chi connectivity index (χ3n) is 5.46. The summed E-state index contributed by atoms with van der Waals surface area (Å²) in [6.07, 6.45) is 0. The Kier molecular flexibility index (Phi) is 8.22. The van der Waals surface area contributed by atoms with Gasteiger partial charge in [0, 0.05) is 17.9 Å². The van der Waals surface area contributed by atoms with Gasteiger partial charge < -0.3 is 18.9 Å². The number of fused-ring (bicyclic) bond motifs is 4. The number of rotatable bonds is 0. The minimum Gasteiger partial charge on any atom is -0.422 e. The van der Waals surface area contributed by atoms with Gasteiger partial charge in [-0.1, -0.05) is 63.7 Å². The summed E-state index contributed by atoms with van der Waals surface area (Å²) >= 11 is 13.2. The predicted octanol–water partition coefficient (Wildman–Crippen LogP) is 7.93. The number of carbonyl (C=O) groups excluding carboxylic acids is 4. The molecule has 0 spiro atoms. The minimum atomic E-state index is -0.903. The fraction of sp³-hybridized carbons (Fsp3) is 0. The fourth-order valence-electron chi connectivity index (χ4n) is 3.62. The monoisotopic (exact) mass is 792 g/mol. The maximum atomic E-state index is 13.3. The smallest absolute Gasteiger partial charge is 0.347 e. The summed E-state index contributed by atoms with van der Waals surface area (Å²) < 4.78 is 24.4. The van der Waals surface area contributed by atoms with Gasteiger partial charge in [0.05, 0.1) is 0 Å². The second kappa shape index (κ2) is 11.7. The Morgan fingerprint density at radius 1 is 0.350 bits per heavy atom. The van der Waals surface area contributed by atoms with Crippen molar-refractivity contribution in [2.45, 2.75) is 0 Å². The zero-order valence-electron chi connectivity index (χ0n) is 19.7. The Morgan fingerprint density at radius 3 is 0.750 bits per heavy atom. The molecule has 12 heteroatoms. The van der Waals surface area contributed by atoms with E-state index in [1.54, 1.807) is 24.3 Å². The van der Waals surface area contributed by atoms with E-state index in [9.17, 15) is 19.2 Å². The van der Waals surface area contributed by atoms with Gasteiger partial charge in [-0.15, -0.1) is 0 Å². The first-order valence-corrected chi connectivity index (χ1v) is 14.3. The van der Waals surface area contributed by atoms with Crippen LogP contribution in [0, 0.1) is 0 Å². The lowest BCUT2D eigenvalue weighted by Gasteiger charge is -2.16. The highest BCUT2D eigenvalue weighted by atomic mass is 79.9. The van der Waals surface area contributed by atoms with E-state index in [4.69, 9.17) is 18.9 Å². The molecular formula is C28H12Br4O8. The van der Waals surface area contributed by atoms with Crippen LogP contribution in [0.5, 0.6) is 23.0 Å². The van der Waals surface area contributed by atoms with Crippen LogP contribution in [0.4, 0.5) is 0 Å². The number of benzene rings is 4. The zero-order chi connectivity index (χ0) is 28.6. The molecule has 0 fully saturated rings. The molecule has 0 saturated carbocycles. The van der Waals surface area contributed by atoms with Crippen LogP contribution in [-0.2, 0) is 0 Å². The van der Waals surface area contributed by atoms with Crippen molar-refractivity contribution in [3.05, 3.63) is 113 Å². The molecule has 1 aliphatic rings. The topological polar surface area (TPSA) is 105 Å². The van der Waals surface area contributed by atoms with Crippen molar-refractivity contribution in [2.24, 2.45) is 0 Å². The third kappa shape index (κ3) is 6.04. The van der Waals surface area contributed by atoms with Crippen LogP contribution < -0.4 is 18.9 Å². The molecule has 0 aliphatic carbocycles. The minimum absolute atomic E-state index is 0.104. The van der Waals surface area contributed by atoms with E-state index in [1.807, 2.05) is 0 Å². The Bertz CT molecular complexity index is 1480. The SMILES string of the molecule is O=C1Oc2cc(Br)ccc2C(=O)Oc2cc(Br)ccc2C(=O)Oc2cc(Br)ccc2C(=O)Oc2cc(Br)ccc21. The summed E-state index contributed by atoms with van der Waals surface area (Å²) in [6.45, 7) is 0. The van der Waals surface area contributed by atoms with E-state index in [1.165, 1.54) is 48.5 Å². The van der Waals surface area contributed by atoms with Crippen molar-refractivity contribution in [1.29, 1.82) is 0 Å². The number of hydrogen-bond donors (Lipinski definition) is 0. The maximum absolute atomic E-state index is 13.3. The lowest BCUT2D eigenvalue weighted by molar-refractivity contribution is 0.0687. The van der Waals surface area contributed by atoms with E-state index in [0.29, 0.717) is 17.9 Å². The van der Waals surface area contributed by atoms with Gasteiger partial charge in [-0.2, -0.15) is 0 Å². The molecule has 1 aliphatic heterocycles. The molecule has 0 saturated heterocycles. The van der Waals surface area contributed by atoms with Crippen LogP contribution >= 0.6 is 63.7 Å². The first kappa shape index (κ1) is 28.2. The van der Waals surface area contributed by atoms with Crippen LogP contribution in [0.15, 0.2) is 90.7 Å². The highest BCUT2D eigenvalue weighted by molar-refractivity contribution is 9.11. The zero-order valence-corrected chi connectivity index (χ0v) is 26.1. The van der Waals surface area contributed by atoms with Crippen LogP contribution in [0.3, 0.4) is 0 Å². The molecule has 200 valence electrons. The third-order valence-corrected chi connectivity index (χ3v) is 7.44. The van der Waals surface area contributed by atoms with Gasteiger partial charge in [0.1, 0.15) is 45.3 Å². The quantitative estimate of drug-likeness (QED) is 0.131. The summed E-state index contributed by atoms with van der Waals surface area (Å²) in [6, 6.07) is 17.4. The molecule has 0 bridgehead atoms.